The van der Waals surface area contributed by atoms with Gasteiger partial charge >= 0.3 is 0 Å². The Morgan fingerprint density at radius 2 is 1.52 bits per heavy atom. The van der Waals surface area contributed by atoms with Gasteiger partial charge in [-0.15, -0.1) is 0 Å². The van der Waals surface area contributed by atoms with E-state index in [1.807, 2.05) is 30.3 Å². The molecule has 3 aromatic rings. The second-order valence-corrected chi connectivity index (χ2v) is 7.87. The number of benzene rings is 3. The number of amides is 1. The fraction of sp³-hybridized carbons (Fsp3) is 0.0500. The number of carbonyl (C=O) groups is 1. The standard InChI is InChI=1S/C20H17ClN2O3S/c21-19-13-16(23-27(25,26)17-9-5-2-6-10-17)11-12-18(19)20(24)22-14-15-7-3-1-4-8-15/h1-13,23H,14H2,(H,22,24). The zero-order chi connectivity index (χ0) is 19.3. The molecule has 3 rings (SSSR count). The van der Waals surface area contributed by atoms with E-state index in [2.05, 4.69) is 10.0 Å². The van der Waals surface area contributed by atoms with Crippen LogP contribution in [-0.4, -0.2) is 14.3 Å². The summed E-state index contributed by atoms with van der Waals surface area (Å²) in [4.78, 5) is 12.5. The van der Waals surface area contributed by atoms with Crippen LogP contribution in [0.1, 0.15) is 15.9 Å². The summed E-state index contributed by atoms with van der Waals surface area (Å²) in [6.07, 6.45) is 0. The van der Waals surface area contributed by atoms with Crippen LogP contribution in [0.2, 0.25) is 5.02 Å². The molecule has 7 heteroatoms. The van der Waals surface area contributed by atoms with Crippen LogP contribution in [0.5, 0.6) is 0 Å². The van der Waals surface area contributed by atoms with E-state index in [-0.39, 0.29) is 27.1 Å². The summed E-state index contributed by atoms with van der Waals surface area (Å²) < 4.78 is 27.2. The number of halogens is 1. The van der Waals surface area contributed by atoms with Crippen LogP contribution in [0.25, 0.3) is 0 Å². The van der Waals surface area contributed by atoms with E-state index < -0.39 is 10.0 Å². The number of sulfonamides is 1. The summed E-state index contributed by atoms with van der Waals surface area (Å²) in [6, 6.07) is 21.9. The van der Waals surface area contributed by atoms with Crippen molar-refractivity contribution in [3.8, 4) is 0 Å². The molecule has 0 atom stereocenters. The molecule has 0 aliphatic rings. The van der Waals surface area contributed by atoms with E-state index in [9.17, 15) is 13.2 Å². The Morgan fingerprint density at radius 1 is 0.889 bits per heavy atom. The molecule has 0 spiro atoms. The monoisotopic (exact) mass is 400 g/mol. The zero-order valence-corrected chi connectivity index (χ0v) is 15.8. The van der Waals surface area contributed by atoms with Crippen molar-refractivity contribution >= 4 is 33.2 Å². The van der Waals surface area contributed by atoms with Gasteiger partial charge in [-0.05, 0) is 35.9 Å². The highest BCUT2D eigenvalue weighted by molar-refractivity contribution is 7.92. The number of hydrogen-bond donors (Lipinski definition) is 2. The van der Waals surface area contributed by atoms with E-state index in [0.29, 0.717) is 6.54 Å². The van der Waals surface area contributed by atoms with E-state index in [1.54, 1.807) is 18.2 Å². The van der Waals surface area contributed by atoms with Gasteiger partial charge in [0.1, 0.15) is 0 Å². The fourth-order valence-corrected chi connectivity index (χ4v) is 3.79. The maximum Gasteiger partial charge on any atom is 0.261 e. The van der Waals surface area contributed by atoms with Gasteiger partial charge in [0.05, 0.1) is 21.2 Å². The van der Waals surface area contributed by atoms with Gasteiger partial charge in [0.2, 0.25) is 0 Å². The first-order valence-corrected chi connectivity index (χ1v) is 10.0. The molecule has 0 aliphatic carbocycles. The lowest BCUT2D eigenvalue weighted by molar-refractivity contribution is 0.0951. The summed E-state index contributed by atoms with van der Waals surface area (Å²) in [6.45, 7) is 0.373. The van der Waals surface area contributed by atoms with E-state index in [0.717, 1.165) is 5.56 Å². The lowest BCUT2D eigenvalue weighted by Gasteiger charge is -2.11. The van der Waals surface area contributed by atoms with Crippen molar-refractivity contribution in [3.05, 3.63) is 95.0 Å². The first-order chi connectivity index (χ1) is 13.0. The first-order valence-electron chi connectivity index (χ1n) is 8.15. The molecule has 2 N–H and O–H groups in total. The number of anilines is 1. The van der Waals surface area contributed by atoms with Gasteiger partial charge in [-0.25, -0.2) is 8.42 Å². The normalized spacial score (nSPS) is 11.0. The van der Waals surface area contributed by atoms with Gasteiger partial charge < -0.3 is 5.32 Å². The Bertz CT molecular complexity index is 1040. The average molecular weight is 401 g/mol. The highest BCUT2D eigenvalue weighted by Crippen LogP contribution is 2.23. The van der Waals surface area contributed by atoms with Gasteiger partial charge in [0, 0.05) is 6.54 Å². The molecule has 0 unspecified atom stereocenters. The smallest absolute Gasteiger partial charge is 0.261 e. The molecule has 0 bridgehead atoms. The molecule has 0 fully saturated rings. The van der Waals surface area contributed by atoms with Gasteiger partial charge in [-0.2, -0.15) is 0 Å². The van der Waals surface area contributed by atoms with Crippen molar-refractivity contribution in [2.75, 3.05) is 4.72 Å². The largest absolute Gasteiger partial charge is 0.348 e. The Kier molecular flexibility index (Phi) is 5.78. The molecule has 27 heavy (non-hydrogen) atoms. The number of rotatable bonds is 6. The van der Waals surface area contributed by atoms with Gasteiger partial charge in [-0.3, -0.25) is 9.52 Å². The summed E-state index contributed by atoms with van der Waals surface area (Å²) in [7, 11) is -3.72. The van der Waals surface area contributed by atoms with E-state index in [1.165, 1.54) is 30.3 Å². The average Bonchev–Trinajstić information content (AvgIpc) is 2.67. The van der Waals surface area contributed by atoms with Crippen LogP contribution < -0.4 is 10.0 Å². The molecule has 5 nitrogen and oxygen atoms in total. The zero-order valence-electron chi connectivity index (χ0n) is 14.2. The molecule has 0 radical (unpaired) electrons. The second-order valence-electron chi connectivity index (χ2n) is 5.78. The maximum atomic E-state index is 12.4. The van der Waals surface area contributed by atoms with Crippen molar-refractivity contribution in [3.63, 3.8) is 0 Å². The molecule has 0 heterocycles. The molecular formula is C20H17ClN2O3S. The van der Waals surface area contributed by atoms with Gasteiger partial charge in [0.15, 0.2) is 0 Å². The van der Waals surface area contributed by atoms with Crippen molar-refractivity contribution in [2.24, 2.45) is 0 Å². The fourth-order valence-electron chi connectivity index (χ4n) is 2.45. The second kappa shape index (κ2) is 8.24. The highest BCUT2D eigenvalue weighted by Gasteiger charge is 2.16. The third-order valence-electron chi connectivity index (χ3n) is 3.82. The molecule has 138 valence electrons. The highest BCUT2D eigenvalue weighted by atomic mass is 35.5. The summed E-state index contributed by atoms with van der Waals surface area (Å²) in [5.74, 6) is -0.332. The Morgan fingerprint density at radius 3 is 2.15 bits per heavy atom. The minimum atomic E-state index is -3.72. The van der Waals surface area contributed by atoms with Crippen LogP contribution >= 0.6 is 11.6 Å². The van der Waals surface area contributed by atoms with Crippen LogP contribution in [0, 0.1) is 0 Å². The van der Waals surface area contributed by atoms with Crippen LogP contribution in [0.4, 0.5) is 5.69 Å². The number of nitrogens with one attached hydrogen (secondary N) is 2. The van der Waals surface area contributed by atoms with Crippen molar-refractivity contribution < 1.29 is 13.2 Å². The summed E-state index contributed by atoms with van der Waals surface area (Å²) in [5, 5.41) is 2.95. The molecule has 1 amide bonds. The minimum absolute atomic E-state index is 0.144. The molecule has 0 aliphatic heterocycles. The predicted molar refractivity (Wildman–Crippen MR) is 106 cm³/mol. The van der Waals surface area contributed by atoms with Crippen LogP contribution in [-0.2, 0) is 16.6 Å². The van der Waals surface area contributed by atoms with Crippen molar-refractivity contribution in [1.29, 1.82) is 0 Å². The van der Waals surface area contributed by atoms with E-state index >= 15 is 0 Å². The Balaban J connectivity index is 1.71. The quantitative estimate of drug-likeness (QED) is 0.654. The van der Waals surface area contributed by atoms with E-state index in [4.69, 9.17) is 11.6 Å². The van der Waals surface area contributed by atoms with Crippen molar-refractivity contribution in [2.45, 2.75) is 11.4 Å². The topological polar surface area (TPSA) is 75.3 Å². The molecule has 3 aromatic carbocycles. The Labute approximate surface area is 163 Å². The van der Waals surface area contributed by atoms with Gasteiger partial charge in [0.25, 0.3) is 15.9 Å². The number of carbonyl (C=O) groups excluding carboxylic acids is 1. The lowest BCUT2D eigenvalue weighted by atomic mass is 10.2. The molecule has 0 saturated carbocycles. The Hall–Kier alpha value is -2.83. The molecule has 0 aromatic heterocycles. The minimum Gasteiger partial charge on any atom is -0.348 e. The van der Waals surface area contributed by atoms with Crippen molar-refractivity contribution in [1.82, 2.24) is 5.32 Å². The van der Waals surface area contributed by atoms with Crippen LogP contribution in [0.15, 0.2) is 83.8 Å². The molecular weight excluding hydrogens is 384 g/mol. The first kappa shape index (κ1) is 18.9. The number of hydrogen-bond acceptors (Lipinski definition) is 3. The summed E-state index contributed by atoms with van der Waals surface area (Å²) >= 11 is 6.19. The SMILES string of the molecule is O=C(NCc1ccccc1)c1ccc(NS(=O)(=O)c2ccccc2)cc1Cl. The predicted octanol–water partition coefficient (Wildman–Crippen LogP) is 4.07. The lowest BCUT2D eigenvalue weighted by Crippen LogP contribution is -2.23. The maximum absolute atomic E-state index is 12.4. The van der Waals surface area contributed by atoms with Crippen LogP contribution in [0.3, 0.4) is 0 Å². The third-order valence-corrected chi connectivity index (χ3v) is 5.53. The third kappa shape index (κ3) is 4.87. The molecule has 0 saturated heterocycles. The summed E-state index contributed by atoms with van der Waals surface area (Å²) in [5.41, 5.74) is 1.52. The van der Waals surface area contributed by atoms with Gasteiger partial charge in [-0.1, -0.05) is 60.1 Å².